The van der Waals surface area contributed by atoms with Crippen LogP contribution in [0.25, 0.3) is 11.2 Å². The van der Waals surface area contributed by atoms with Crippen molar-refractivity contribution in [1.29, 1.82) is 0 Å². The molecule has 0 bridgehead atoms. The van der Waals surface area contributed by atoms with Gasteiger partial charge in [-0.2, -0.15) is 0 Å². The van der Waals surface area contributed by atoms with Crippen LogP contribution >= 0.6 is 0 Å². The van der Waals surface area contributed by atoms with Crippen molar-refractivity contribution in [3.05, 3.63) is 77.5 Å². The van der Waals surface area contributed by atoms with Crippen LogP contribution in [0.5, 0.6) is 0 Å². The third-order valence-electron chi connectivity index (χ3n) is 4.46. The van der Waals surface area contributed by atoms with Gasteiger partial charge in [-0.25, -0.2) is 19.9 Å². The predicted molar refractivity (Wildman–Crippen MR) is 108 cm³/mol. The Morgan fingerprint density at radius 1 is 1.10 bits per heavy atom. The van der Waals surface area contributed by atoms with Crippen molar-refractivity contribution in [2.24, 2.45) is 0 Å². The number of amides is 1. The second-order valence-corrected chi connectivity index (χ2v) is 6.87. The maximum absolute atomic E-state index is 12.5. The molecule has 1 N–H and O–H groups in total. The molecule has 0 radical (unpaired) electrons. The highest BCUT2D eigenvalue weighted by atomic mass is 16.1. The summed E-state index contributed by atoms with van der Waals surface area (Å²) in [5.41, 5.74) is 4.80. The molecule has 4 rings (SSSR count). The van der Waals surface area contributed by atoms with Crippen molar-refractivity contribution >= 4 is 17.1 Å². The summed E-state index contributed by atoms with van der Waals surface area (Å²) in [5, 5.41) is 2.90. The smallest absolute Gasteiger partial charge is 0.252 e. The van der Waals surface area contributed by atoms with Crippen LogP contribution in [0.1, 0.15) is 33.1 Å². The molecule has 0 atom stereocenters. The van der Waals surface area contributed by atoms with Gasteiger partial charge in [0.25, 0.3) is 5.91 Å². The highest BCUT2D eigenvalue weighted by Gasteiger charge is 2.11. The lowest BCUT2D eigenvalue weighted by Crippen LogP contribution is -2.26. The van der Waals surface area contributed by atoms with E-state index in [2.05, 4.69) is 30.2 Å². The second-order valence-electron chi connectivity index (χ2n) is 6.87. The van der Waals surface area contributed by atoms with E-state index in [-0.39, 0.29) is 5.91 Å². The molecular weight excluding hydrogens is 366 g/mol. The molecule has 8 heteroatoms. The molecule has 0 spiro atoms. The standard InChI is InChI=1S/C21H21N7O/c1-14-8-15(2)27-19(26-14)5-7-23-21(29)17-9-18-20(24-11-17)28(13-25-18)12-16-4-3-6-22-10-16/h3-4,6,8-11,13H,5,7,12H2,1-2H3,(H,23,29). The number of hydrogen-bond acceptors (Lipinski definition) is 6. The number of imidazole rings is 1. The van der Waals surface area contributed by atoms with Gasteiger partial charge in [-0.3, -0.25) is 9.78 Å². The van der Waals surface area contributed by atoms with E-state index in [0.717, 1.165) is 28.4 Å². The summed E-state index contributed by atoms with van der Waals surface area (Å²) in [6, 6.07) is 7.58. The third-order valence-corrected chi connectivity index (χ3v) is 4.46. The summed E-state index contributed by atoms with van der Waals surface area (Å²) in [4.78, 5) is 34.2. The zero-order valence-electron chi connectivity index (χ0n) is 16.3. The molecule has 8 nitrogen and oxygen atoms in total. The van der Waals surface area contributed by atoms with E-state index in [1.54, 1.807) is 24.8 Å². The summed E-state index contributed by atoms with van der Waals surface area (Å²) < 4.78 is 1.94. The van der Waals surface area contributed by atoms with Gasteiger partial charge in [-0.15, -0.1) is 0 Å². The minimum atomic E-state index is -0.189. The lowest BCUT2D eigenvalue weighted by molar-refractivity contribution is 0.0954. The Morgan fingerprint density at radius 3 is 2.69 bits per heavy atom. The Labute approximate surface area is 168 Å². The molecule has 4 aromatic heterocycles. The first kappa shape index (κ1) is 18.7. The van der Waals surface area contributed by atoms with Crippen molar-refractivity contribution in [3.63, 3.8) is 0 Å². The highest BCUT2D eigenvalue weighted by molar-refractivity contribution is 5.96. The first-order valence-corrected chi connectivity index (χ1v) is 9.37. The monoisotopic (exact) mass is 387 g/mol. The van der Waals surface area contributed by atoms with E-state index in [4.69, 9.17) is 0 Å². The Balaban J connectivity index is 1.41. The summed E-state index contributed by atoms with van der Waals surface area (Å²) in [5.74, 6) is 0.538. The van der Waals surface area contributed by atoms with Crippen LogP contribution in [0.3, 0.4) is 0 Å². The first-order valence-electron chi connectivity index (χ1n) is 9.37. The largest absolute Gasteiger partial charge is 0.352 e. The number of carbonyl (C=O) groups is 1. The number of aromatic nitrogens is 6. The number of rotatable bonds is 6. The number of aryl methyl sites for hydroxylation is 2. The quantitative estimate of drug-likeness (QED) is 0.545. The average molecular weight is 387 g/mol. The summed E-state index contributed by atoms with van der Waals surface area (Å²) >= 11 is 0. The lowest BCUT2D eigenvalue weighted by Gasteiger charge is -2.06. The van der Waals surface area contributed by atoms with Gasteiger partial charge < -0.3 is 9.88 Å². The van der Waals surface area contributed by atoms with Crippen LogP contribution < -0.4 is 5.32 Å². The second kappa shape index (κ2) is 8.14. The molecule has 4 heterocycles. The Hall–Kier alpha value is -3.68. The zero-order chi connectivity index (χ0) is 20.2. The average Bonchev–Trinajstić information content (AvgIpc) is 3.10. The van der Waals surface area contributed by atoms with E-state index in [0.29, 0.717) is 30.6 Å². The van der Waals surface area contributed by atoms with E-state index >= 15 is 0 Å². The molecule has 29 heavy (non-hydrogen) atoms. The van der Waals surface area contributed by atoms with Crippen LogP contribution in [0, 0.1) is 13.8 Å². The van der Waals surface area contributed by atoms with Gasteiger partial charge in [0.15, 0.2) is 5.65 Å². The molecule has 4 aromatic rings. The highest BCUT2D eigenvalue weighted by Crippen LogP contribution is 2.14. The molecule has 0 aliphatic heterocycles. The molecule has 0 aliphatic rings. The minimum absolute atomic E-state index is 0.189. The molecule has 0 aromatic carbocycles. The molecule has 1 amide bonds. The van der Waals surface area contributed by atoms with Crippen LogP contribution in [0.2, 0.25) is 0 Å². The topological polar surface area (TPSA) is 98.5 Å². The maximum atomic E-state index is 12.5. The summed E-state index contributed by atoms with van der Waals surface area (Å²) in [6.07, 6.45) is 7.43. The molecule has 146 valence electrons. The van der Waals surface area contributed by atoms with Gasteiger partial charge in [0.05, 0.1) is 18.4 Å². The van der Waals surface area contributed by atoms with E-state index in [1.165, 1.54) is 0 Å². The number of nitrogens with one attached hydrogen (secondary N) is 1. The number of nitrogens with zero attached hydrogens (tertiary/aromatic N) is 6. The van der Waals surface area contributed by atoms with Gasteiger partial charge in [0.2, 0.25) is 0 Å². The normalized spacial score (nSPS) is 11.0. The van der Waals surface area contributed by atoms with Gasteiger partial charge in [0, 0.05) is 42.9 Å². The fraction of sp³-hybridized carbons (Fsp3) is 0.238. The first-order chi connectivity index (χ1) is 14.1. The third kappa shape index (κ3) is 4.43. The van der Waals surface area contributed by atoms with E-state index in [1.807, 2.05) is 42.8 Å². The predicted octanol–water partition coefficient (Wildman–Crippen LogP) is 2.25. The van der Waals surface area contributed by atoms with Gasteiger partial charge >= 0.3 is 0 Å². The minimum Gasteiger partial charge on any atom is -0.352 e. The summed E-state index contributed by atoms with van der Waals surface area (Å²) in [6.45, 7) is 4.95. The molecule has 0 fully saturated rings. The van der Waals surface area contributed by atoms with Crippen molar-refractivity contribution < 1.29 is 4.79 Å². The molecular formula is C21H21N7O. The molecule has 0 saturated carbocycles. The van der Waals surface area contributed by atoms with E-state index in [9.17, 15) is 4.79 Å². The Bertz CT molecular complexity index is 1130. The molecule has 0 aliphatic carbocycles. The number of hydrogen-bond donors (Lipinski definition) is 1. The van der Waals surface area contributed by atoms with Crippen molar-refractivity contribution in [2.45, 2.75) is 26.8 Å². The number of pyridine rings is 2. The maximum Gasteiger partial charge on any atom is 0.252 e. The number of carbonyl (C=O) groups excluding carboxylic acids is 1. The van der Waals surface area contributed by atoms with Crippen LogP contribution in [0.4, 0.5) is 0 Å². The van der Waals surface area contributed by atoms with Crippen LogP contribution in [-0.4, -0.2) is 41.9 Å². The van der Waals surface area contributed by atoms with E-state index < -0.39 is 0 Å². The Kier molecular flexibility index (Phi) is 5.24. The fourth-order valence-electron chi connectivity index (χ4n) is 3.18. The molecule has 0 unspecified atom stereocenters. The van der Waals surface area contributed by atoms with Crippen molar-refractivity contribution in [3.8, 4) is 0 Å². The zero-order valence-corrected chi connectivity index (χ0v) is 16.3. The lowest BCUT2D eigenvalue weighted by atomic mass is 10.2. The van der Waals surface area contributed by atoms with Crippen LogP contribution in [0.15, 0.2) is 49.2 Å². The van der Waals surface area contributed by atoms with Gasteiger partial charge in [-0.05, 0) is 37.6 Å². The van der Waals surface area contributed by atoms with Gasteiger partial charge in [0.1, 0.15) is 11.3 Å². The Morgan fingerprint density at radius 2 is 1.93 bits per heavy atom. The summed E-state index contributed by atoms with van der Waals surface area (Å²) in [7, 11) is 0. The molecule has 0 saturated heterocycles. The van der Waals surface area contributed by atoms with Crippen molar-refractivity contribution in [1.82, 2.24) is 34.8 Å². The van der Waals surface area contributed by atoms with Gasteiger partial charge in [-0.1, -0.05) is 6.07 Å². The fourth-order valence-corrected chi connectivity index (χ4v) is 3.18. The SMILES string of the molecule is Cc1cc(C)nc(CCNC(=O)c2cnc3c(c2)ncn3Cc2cccnc2)n1. The van der Waals surface area contributed by atoms with Crippen LogP contribution in [-0.2, 0) is 13.0 Å². The number of fused-ring (bicyclic) bond motifs is 1. The van der Waals surface area contributed by atoms with Crippen molar-refractivity contribution in [2.75, 3.05) is 6.54 Å².